The summed E-state index contributed by atoms with van der Waals surface area (Å²) in [5.74, 6) is -0.783. The SMILES string of the molecule is O=C(O)CCC1CCCCN1C(=O)NCCC1=CCCC1. The second-order valence-electron chi connectivity index (χ2n) is 6.01. The molecule has 21 heavy (non-hydrogen) atoms. The Morgan fingerprint density at radius 2 is 2.19 bits per heavy atom. The first kappa shape index (κ1) is 15.9. The Balaban J connectivity index is 1.75. The predicted molar refractivity (Wildman–Crippen MR) is 81.2 cm³/mol. The number of nitrogens with one attached hydrogen (secondary N) is 1. The van der Waals surface area contributed by atoms with Crippen LogP contribution in [0, 0.1) is 0 Å². The van der Waals surface area contributed by atoms with E-state index in [0.717, 1.165) is 32.2 Å². The molecule has 118 valence electrons. The molecule has 1 saturated heterocycles. The van der Waals surface area contributed by atoms with Gasteiger partial charge in [-0.05, 0) is 51.4 Å². The quantitative estimate of drug-likeness (QED) is 0.740. The van der Waals surface area contributed by atoms with E-state index < -0.39 is 5.97 Å². The minimum absolute atomic E-state index is 0.0244. The number of hydrogen-bond acceptors (Lipinski definition) is 2. The van der Waals surface area contributed by atoms with Crippen LogP contribution >= 0.6 is 0 Å². The molecular weight excluding hydrogens is 268 g/mol. The van der Waals surface area contributed by atoms with Crippen molar-refractivity contribution < 1.29 is 14.7 Å². The normalized spacial score (nSPS) is 22.0. The monoisotopic (exact) mass is 294 g/mol. The summed E-state index contributed by atoms with van der Waals surface area (Å²) in [5, 5.41) is 11.8. The number of piperidine rings is 1. The third kappa shape index (κ3) is 5.06. The minimum atomic E-state index is -0.783. The first-order valence-corrected chi connectivity index (χ1v) is 8.11. The Bertz CT molecular complexity index is 406. The summed E-state index contributed by atoms with van der Waals surface area (Å²) in [6, 6.07) is 0.0595. The van der Waals surface area contributed by atoms with Crippen molar-refractivity contribution in [3.05, 3.63) is 11.6 Å². The number of carboxylic acid groups (broad SMARTS) is 1. The molecule has 0 radical (unpaired) electrons. The van der Waals surface area contributed by atoms with Crippen molar-refractivity contribution in [1.29, 1.82) is 0 Å². The van der Waals surface area contributed by atoms with Crippen molar-refractivity contribution in [3.63, 3.8) is 0 Å². The maximum Gasteiger partial charge on any atom is 0.317 e. The molecule has 0 bridgehead atoms. The van der Waals surface area contributed by atoms with Gasteiger partial charge in [-0.2, -0.15) is 0 Å². The highest BCUT2D eigenvalue weighted by atomic mass is 16.4. The molecule has 0 spiro atoms. The van der Waals surface area contributed by atoms with Gasteiger partial charge in [0.2, 0.25) is 0 Å². The molecule has 2 amide bonds. The Hall–Kier alpha value is -1.52. The van der Waals surface area contributed by atoms with Crippen LogP contribution in [0.1, 0.15) is 57.8 Å². The average molecular weight is 294 g/mol. The average Bonchev–Trinajstić information content (AvgIpc) is 2.98. The van der Waals surface area contributed by atoms with Crippen molar-refractivity contribution in [3.8, 4) is 0 Å². The van der Waals surface area contributed by atoms with E-state index in [0.29, 0.717) is 13.0 Å². The molecule has 1 unspecified atom stereocenters. The van der Waals surface area contributed by atoms with E-state index in [4.69, 9.17) is 5.11 Å². The molecule has 5 nitrogen and oxygen atoms in total. The summed E-state index contributed by atoms with van der Waals surface area (Å²) in [7, 11) is 0. The van der Waals surface area contributed by atoms with E-state index in [9.17, 15) is 9.59 Å². The summed E-state index contributed by atoms with van der Waals surface area (Å²) >= 11 is 0. The lowest BCUT2D eigenvalue weighted by Crippen LogP contribution is -2.49. The van der Waals surface area contributed by atoms with Crippen LogP contribution in [0.15, 0.2) is 11.6 Å². The van der Waals surface area contributed by atoms with Crippen LogP contribution in [-0.2, 0) is 4.79 Å². The number of allylic oxidation sites excluding steroid dienone is 1. The zero-order chi connectivity index (χ0) is 15.1. The largest absolute Gasteiger partial charge is 0.481 e. The molecule has 2 aliphatic rings. The fourth-order valence-electron chi connectivity index (χ4n) is 3.25. The van der Waals surface area contributed by atoms with Gasteiger partial charge < -0.3 is 15.3 Å². The summed E-state index contributed by atoms with van der Waals surface area (Å²) in [6.07, 6.45) is 10.5. The van der Waals surface area contributed by atoms with Crippen molar-refractivity contribution in [1.82, 2.24) is 10.2 Å². The number of nitrogens with zero attached hydrogens (tertiary/aromatic N) is 1. The maximum absolute atomic E-state index is 12.3. The van der Waals surface area contributed by atoms with Crippen LogP contribution in [-0.4, -0.2) is 41.1 Å². The molecule has 1 aliphatic heterocycles. The van der Waals surface area contributed by atoms with E-state index in [1.807, 2.05) is 4.90 Å². The Kier molecular flexibility index (Phi) is 6.08. The van der Waals surface area contributed by atoms with E-state index in [1.165, 1.54) is 24.8 Å². The fraction of sp³-hybridized carbons (Fsp3) is 0.750. The lowest BCUT2D eigenvalue weighted by Gasteiger charge is -2.35. The molecule has 0 saturated carbocycles. The number of hydrogen-bond donors (Lipinski definition) is 2. The summed E-state index contributed by atoms with van der Waals surface area (Å²) in [5.41, 5.74) is 1.45. The lowest BCUT2D eigenvalue weighted by atomic mass is 9.98. The highest BCUT2D eigenvalue weighted by Gasteiger charge is 2.26. The molecule has 1 heterocycles. The highest BCUT2D eigenvalue weighted by Crippen LogP contribution is 2.22. The summed E-state index contributed by atoms with van der Waals surface area (Å²) < 4.78 is 0. The number of urea groups is 1. The minimum Gasteiger partial charge on any atom is -0.481 e. The number of amides is 2. The van der Waals surface area contributed by atoms with Crippen molar-refractivity contribution in [2.24, 2.45) is 0 Å². The molecule has 0 aromatic rings. The standard InChI is InChI=1S/C16H26N2O3/c19-15(20)9-8-14-7-3-4-12-18(14)16(21)17-11-10-13-5-1-2-6-13/h5,14H,1-4,6-12H2,(H,17,21)(H,19,20). The van der Waals surface area contributed by atoms with Gasteiger partial charge in [-0.1, -0.05) is 11.6 Å². The molecule has 0 aromatic heterocycles. The Morgan fingerprint density at radius 3 is 2.90 bits per heavy atom. The molecule has 5 heteroatoms. The van der Waals surface area contributed by atoms with Crippen LogP contribution in [0.25, 0.3) is 0 Å². The van der Waals surface area contributed by atoms with Gasteiger partial charge in [0.15, 0.2) is 0 Å². The molecular formula is C16H26N2O3. The van der Waals surface area contributed by atoms with Crippen molar-refractivity contribution >= 4 is 12.0 Å². The lowest BCUT2D eigenvalue weighted by molar-refractivity contribution is -0.137. The van der Waals surface area contributed by atoms with Gasteiger partial charge in [0, 0.05) is 25.6 Å². The van der Waals surface area contributed by atoms with Gasteiger partial charge in [0.1, 0.15) is 0 Å². The number of likely N-dealkylation sites (tertiary alicyclic amines) is 1. The number of rotatable bonds is 6. The highest BCUT2D eigenvalue weighted by molar-refractivity contribution is 5.74. The molecule has 1 aliphatic carbocycles. The Labute approximate surface area is 126 Å². The second kappa shape index (κ2) is 8.05. The van der Waals surface area contributed by atoms with Crippen LogP contribution in [0.2, 0.25) is 0 Å². The smallest absolute Gasteiger partial charge is 0.317 e. The fourth-order valence-corrected chi connectivity index (χ4v) is 3.25. The van der Waals surface area contributed by atoms with E-state index in [2.05, 4.69) is 11.4 Å². The van der Waals surface area contributed by atoms with E-state index >= 15 is 0 Å². The van der Waals surface area contributed by atoms with Gasteiger partial charge in [-0.25, -0.2) is 4.79 Å². The zero-order valence-electron chi connectivity index (χ0n) is 12.6. The van der Waals surface area contributed by atoms with Crippen molar-refractivity contribution in [2.75, 3.05) is 13.1 Å². The number of carbonyl (C=O) groups is 2. The third-order valence-corrected chi connectivity index (χ3v) is 4.44. The molecule has 1 atom stereocenters. The first-order valence-electron chi connectivity index (χ1n) is 8.11. The first-order chi connectivity index (χ1) is 10.2. The van der Waals surface area contributed by atoms with Gasteiger partial charge in [0.25, 0.3) is 0 Å². The molecule has 0 aromatic carbocycles. The molecule has 2 rings (SSSR count). The van der Waals surface area contributed by atoms with Gasteiger partial charge >= 0.3 is 12.0 Å². The van der Waals surface area contributed by atoms with Crippen LogP contribution in [0.3, 0.4) is 0 Å². The topological polar surface area (TPSA) is 69.6 Å². The predicted octanol–water partition coefficient (Wildman–Crippen LogP) is 2.92. The van der Waals surface area contributed by atoms with Gasteiger partial charge in [-0.15, -0.1) is 0 Å². The van der Waals surface area contributed by atoms with Crippen molar-refractivity contribution in [2.45, 2.75) is 63.8 Å². The third-order valence-electron chi connectivity index (χ3n) is 4.44. The van der Waals surface area contributed by atoms with Gasteiger partial charge in [0.05, 0.1) is 0 Å². The maximum atomic E-state index is 12.3. The number of carboxylic acids is 1. The molecule has 1 fully saturated rings. The van der Waals surface area contributed by atoms with Crippen LogP contribution in [0.4, 0.5) is 4.79 Å². The zero-order valence-corrected chi connectivity index (χ0v) is 12.6. The van der Waals surface area contributed by atoms with E-state index in [-0.39, 0.29) is 18.5 Å². The Morgan fingerprint density at radius 1 is 1.33 bits per heavy atom. The van der Waals surface area contributed by atoms with Gasteiger partial charge in [-0.3, -0.25) is 4.79 Å². The van der Waals surface area contributed by atoms with E-state index in [1.54, 1.807) is 0 Å². The summed E-state index contributed by atoms with van der Waals surface area (Å²) in [6.45, 7) is 1.44. The van der Waals surface area contributed by atoms with Crippen LogP contribution < -0.4 is 5.32 Å². The van der Waals surface area contributed by atoms with Crippen LogP contribution in [0.5, 0.6) is 0 Å². The molecule has 2 N–H and O–H groups in total. The summed E-state index contributed by atoms with van der Waals surface area (Å²) in [4.78, 5) is 24.8. The number of carbonyl (C=O) groups excluding carboxylic acids is 1. The number of aliphatic carboxylic acids is 1. The second-order valence-corrected chi connectivity index (χ2v) is 6.01.